The van der Waals surface area contributed by atoms with Gasteiger partial charge in [0.1, 0.15) is 0 Å². The molecule has 1 atom stereocenters. The van der Waals surface area contributed by atoms with Crippen LogP contribution in [0.25, 0.3) is 10.1 Å². The molecular formula is C19H18F2N2OS. The Balaban J connectivity index is 1.78. The van der Waals surface area contributed by atoms with Gasteiger partial charge in [0.15, 0.2) is 11.6 Å². The van der Waals surface area contributed by atoms with Gasteiger partial charge in [-0.2, -0.15) is 0 Å². The maximum Gasteiger partial charge on any atom is 0.251 e. The summed E-state index contributed by atoms with van der Waals surface area (Å²) in [6, 6.07) is 11.2. The molecule has 0 radical (unpaired) electrons. The molecule has 3 nitrogen and oxygen atoms in total. The van der Waals surface area contributed by atoms with Crippen molar-refractivity contribution in [1.82, 2.24) is 10.2 Å². The average molecular weight is 360 g/mol. The molecule has 1 heterocycles. The highest BCUT2D eigenvalue weighted by Crippen LogP contribution is 2.32. The normalized spacial score (nSPS) is 12.5. The summed E-state index contributed by atoms with van der Waals surface area (Å²) in [7, 11) is 3.89. The Bertz CT molecular complexity index is 907. The van der Waals surface area contributed by atoms with E-state index >= 15 is 0 Å². The Morgan fingerprint density at radius 2 is 1.92 bits per heavy atom. The van der Waals surface area contributed by atoms with Gasteiger partial charge in [0.05, 0.1) is 6.04 Å². The summed E-state index contributed by atoms with van der Waals surface area (Å²) in [6.07, 6.45) is 0. The van der Waals surface area contributed by atoms with E-state index in [1.807, 2.05) is 31.1 Å². The van der Waals surface area contributed by atoms with Crippen LogP contribution in [0, 0.1) is 11.6 Å². The standard InChI is InChI=1S/C19H18F2N2OS/c1-23(2)17(14-11-25-18-6-4-3-5-13(14)18)10-22-19(24)12-7-8-15(20)16(21)9-12/h3-9,11,17H,10H2,1-2H3,(H,22,24)/t17-/m0/s1. The highest BCUT2D eigenvalue weighted by atomic mass is 32.1. The topological polar surface area (TPSA) is 32.3 Å². The minimum Gasteiger partial charge on any atom is -0.350 e. The SMILES string of the molecule is CN(C)[C@@H](CNC(=O)c1ccc(F)c(F)c1)c1csc2ccccc12. The van der Waals surface area contributed by atoms with Crippen molar-refractivity contribution in [1.29, 1.82) is 0 Å². The first-order valence-corrected chi connectivity index (χ1v) is 8.71. The van der Waals surface area contributed by atoms with Crippen molar-refractivity contribution in [2.24, 2.45) is 0 Å². The van der Waals surface area contributed by atoms with E-state index in [4.69, 9.17) is 0 Å². The van der Waals surface area contributed by atoms with Gasteiger partial charge in [-0.25, -0.2) is 8.78 Å². The minimum atomic E-state index is -1.03. The third-order valence-electron chi connectivity index (χ3n) is 4.13. The Hall–Kier alpha value is -2.31. The number of hydrogen-bond donors (Lipinski definition) is 1. The first-order chi connectivity index (χ1) is 12.0. The van der Waals surface area contributed by atoms with Crippen molar-refractivity contribution in [2.45, 2.75) is 6.04 Å². The van der Waals surface area contributed by atoms with Gasteiger partial charge in [0.2, 0.25) is 0 Å². The van der Waals surface area contributed by atoms with Crippen LogP contribution in [0.15, 0.2) is 47.8 Å². The van der Waals surface area contributed by atoms with E-state index in [0.29, 0.717) is 6.54 Å². The van der Waals surface area contributed by atoms with Crippen LogP contribution in [-0.2, 0) is 0 Å². The predicted molar refractivity (Wildman–Crippen MR) is 96.9 cm³/mol. The van der Waals surface area contributed by atoms with Crippen LogP contribution >= 0.6 is 11.3 Å². The van der Waals surface area contributed by atoms with Crippen LogP contribution in [0.3, 0.4) is 0 Å². The monoisotopic (exact) mass is 360 g/mol. The molecule has 0 aliphatic rings. The molecule has 2 aromatic carbocycles. The Morgan fingerprint density at radius 3 is 2.64 bits per heavy atom. The van der Waals surface area contributed by atoms with E-state index in [1.165, 1.54) is 10.8 Å². The maximum absolute atomic E-state index is 13.3. The van der Waals surface area contributed by atoms with Crippen LogP contribution in [0.2, 0.25) is 0 Å². The Kier molecular flexibility index (Phi) is 5.11. The number of halogens is 2. The van der Waals surface area contributed by atoms with Gasteiger partial charge in [0.25, 0.3) is 5.91 Å². The molecule has 0 unspecified atom stereocenters. The van der Waals surface area contributed by atoms with Gasteiger partial charge in [-0.3, -0.25) is 4.79 Å². The summed E-state index contributed by atoms with van der Waals surface area (Å²) in [4.78, 5) is 14.3. The lowest BCUT2D eigenvalue weighted by atomic mass is 10.0. The van der Waals surface area contributed by atoms with Gasteiger partial charge < -0.3 is 10.2 Å². The van der Waals surface area contributed by atoms with E-state index in [-0.39, 0.29) is 11.6 Å². The molecule has 3 aromatic rings. The third kappa shape index (κ3) is 3.70. The second kappa shape index (κ2) is 7.29. The fourth-order valence-electron chi connectivity index (χ4n) is 2.76. The molecule has 6 heteroatoms. The lowest BCUT2D eigenvalue weighted by Crippen LogP contribution is -2.34. The zero-order valence-corrected chi connectivity index (χ0v) is 14.7. The number of rotatable bonds is 5. The molecule has 130 valence electrons. The summed E-state index contributed by atoms with van der Waals surface area (Å²) in [6.45, 7) is 0.367. The predicted octanol–water partition coefficient (Wildman–Crippen LogP) is 4.21. The number of benzene rings is 2. The van der Waals surface area contributed by atoms with Gasteiger partial charge in [0, 0.05) is 16.8 Å². The Morgan fingerprint density at radius 1 is 1.16 bits per heavy atom. The lowest BCUT2D eigenvalue weighted by molar-refractivity contribution is 0.0941. The number of nitrogens with zero attached hydrogens (tertiary/aromatic N) is 1. The fraction of sp³-hybridized carbons (Fsp3) is 0.211. The van der Waals surface area contributed by atoms with Crippen molar-refractivity contribution in [3.63, 3.8) is 0 Å². The summed E-state index contributed by atoms with van der Waals surface area (Å²) in [5.41, 5.74) is 1.24. The van der Waals surface area contributed by atoms with E-state index < -0.39 is 17.5 Å². The van der Waals surface area contributed by atoms with Crippen molar-refractivity contribution < 1.29 is 13.6 Å². The molecule has 0 aliphatic heterocycles. The van der Waals surface area contributed by atoms with E-state index in [9.17, 15) is 13.6 Å². The highest BCUT2D eigenvalue weighted by Gasteiger charge is 2.19. The van der Waals surface area contributed by atoms with Gasteiger partial charge in [-0.15, -0.1) is 11.3 Å². The molecule has 1 amide bonds. The molecule has 0 saturated carbocycles. The number of thiophene rings is 1. The van der Waals surface area contributed by atoms with Crippen molar-refractivity contribution >= 4 is 27.3 Å². The van der Waals surface area contributed by atoms with Crippen molar-refractivity contribution in [2.75, 3.05) is 20.6 Å². The van der Waals surface area contributed by atoms with E-state index in [1.54, 1.807) is 11.3 Å². The van der Waals surface area contributed by atoms with Gasteiger partial charge >= 0.3 is 0 Å². The van der Waals surface area contributed by atoms with Crippen LogP contribution in [-0.4, -0.2) is 31.4 Å². The molecule has 1 aromatic heterocycles. The first kappa shape index (κ1) is 17.5. The molecule has 0 saturated heterocycles. The number of likely N-dealkylation sites (N-methyl/N-ethyl adjacent to an activating group) is 1. The van der Waals surface area contributed by atoms with Gasteiger partial charge in [-0.05, 0) is 54.7 Å². The smallest absolute Gasteiger partial charge is 0.251 e. The fourth-order valence-corrected chi connectivity index (χ4v) is 3.76. The quantitative estimate of drug-likeness (QED) is 0.739. The first-order valence-electron chi connectivity index (χ1n) is 7.83. The van der Waals surface area contributed by atoms with E-state index in [0.717, 1.165) is 23.1 Å². The molecule has 0 aliphatic carbocycles. The number of amides is 1. The van der Waals surface area contributed by atoms with Crippen molar-refractivity contribution in [3.05, 3.63) is 70.6 Å². The number of carbonyl (C=O) groups is 1. The summed E-state index contributed by atoms with van der Waals surface area (Å²) < 4.78 is 27.5. The van der Waals surface area contributed by atoms with E-state index in [2.05, 4.69) is 22.8 Å². The van der Waals surface area contributed by atoms with Crippen LogP contribution in [0.5, 0.6) is 0 Å². The Labute approximate surface area is 148 Å². The van der Waals surface area contributed by atoms with Crippen LogP contribution < -0.4 is 5.32 Å². The molecule has 0 spiro atoms. The number of carbonyl (C=O) groups excluding carboxylic acids is 1. The maximum atomic E-state index is 13.3. The molecule has 3 rings (SSSR count). The average Bonchev–Trinajstić information content (AvgIpc) is 3.01. The molecule has 25 heavy (non-hydrogen) atoms. The molecule has 1 N–H and O–H groups in total. The number of fused-ring (bicyclic) bond motifs is 1. The highest BCUT2D eigenvalue weighted by molar-refractivity contribution is 7.17. The zero-order chi connectivity index (χ0) is 18.0. The number of nitrogens with one attached hydrogen (secondary N) is 1. The van der Waals surface area contributed by atoms with Crippen LogP contribution in [0.1, 0.15) is 22.0 Å². The second-order valence-corrected chi connectivity index (χ2v) is 6.92. The molecule has 0 bridgehead atoms. The van der Waals surface area contributed by atoms with Gasteiger partial charge in [-0.1, -0.05) is 18.2 Å². The largest absolute Gasteiger partial charge is 0.350 e. The third-order valence-corrected chi connectivity index (χ3v) is 5.11. The summed E-state index contributed by atoms with van der Waals surface area (Å²) in [5.74, 6) is -2.42. The molecule has 0 fully saturated rings. The minimum absolute atomic E-state index is 0.0228. The molecular weight excluding hydrogens is 342 g/mol. The summed E-state index contributed by atoms with van der Waals surface area (Å²) in [5, 5.41) is 6.07. The van der Waals surface area contributed by atoms with Crippen LogP contribution in [0.4, 0.5) is 8.78 Å². The lowest BCUT2D eigenvalue weighted by Gasteiger charge is -2.24. The summed E-state index contributed by atoms with van der Waals surface area (Å²) >= 11 is 1.66. The zero-order valence-electron chi connectivity index (χ0n) is 13.9. The van der Waals surface area contributed by atoms with Crippen molar-refractivity contribution in [3.8, 4) is 0 Å². The number of hydrogen-bond acceptors (Lipinski definition) is 3. The second-order valence-electron chi connectivity index (χ2n) is 6.01.